The van der Waals surface area contributed by atoms with Gasteiger partial charge in [-0.1, -0.05) is 15.9 Å². The van der Waals surface area contributed by atoms with Crippen molar-refractivity contribution in [1.29, 1.82) is 0 Å². The van der Waals surface area contributed by atoms with Gasteiger partial charge in [-0.05, 0) is 37.0 Å². The van der Waals surface area contributed by atoms with Gasteiger partial charge in [-0.3, -0.25) is 0 Å². The Kier molecular flexibility index (Phi) is 5.19. The lowest BCUT2D eigenvalue weighted by Gasteiger charge is -2.31. The predicted octanol–water partition coefficient (Wildman–Crippen LogP) is 2.38. The van der Waals surface area contributed by atoms with Gasteiger partial charge in [-0.15, -0.1) is 0 Å². The second kappa shape index (κ2) is 6.91. The molecule has 0 spiro atoms. The number of rotatable bonds is 3. The summed E-state index contributed by atoms with van der Waals surface area (Å²) in [4.78, 5) is 25.0. The lowest BCUT2D eigenvalue weighted by molar-refractivity contribution is 0.0698. The van der Waals surface area contributed by atoms with Crippen LogP contribution in [0.15, 0.2) is 22.7 Å². The van der Waals surface area contributed by atoms with E-state index in [1.165, 1.54) is 6.07 Å². The van der Waals surface area contributed by atoms with Crippen molar-refractivity contribution in [3.63, 3.8) is 0 Å². The Labute approximate surface area is 130 Å². The topological polar surface area (TPSA) is 89.9 Å². The van der Waals surface area contributed by atoms with Crippen LogP contribution in [0.2, 0.25) is 0 Å². The number of benzene rings is 1. The molecular formula is C14H17BrN2O4. The van der Waals surface area contributed by atoms with Gasteiger partial charge in [0.2, 0.25) is 0 Å². The molecule has 0 saturated carbocycles. The van der Waals surface area contributed by atoms with E-state index in [0.29, 0.717) is 17.6 Å². The summed E-state index contributed by atoms with van der Waals surface area (Å²) in [5.41, 5.74) is 0.322. The summed E-state index contributed by atoms with van der Waals surface area (Å²) in [5, 5.41) is 20.9. The van der Waals surface area contributed by atoms with Gasteiger partial charge in [0.05, 0.1) is 11.3 Å². The zero-order chi connectivity index (χ0) is 15.4. The van der Waals surface area contributed by atoms with E-state index in [-0.39, 0.29) is 29.8 Å². The van der Waals surface area contributed by atoms with E-state index >= 15 is 0 Å². The first-order valence-corrected chi connectivity index (χ1v) is 7.50. The smallest absolute Gasteiger partial charge is 0.337 e. The molecule has 6 nitrogen and oxygen atoms in total. The third-order valence-corrected chi connectivity index (χ3v) is 4.11. The maximum absolute atomic E-state index is 12.2. The molecule has 7 heteroatoms. The number of amides is 2. The van der Waals surface area contributed by atoms with Gasteiger partial charge in [0.25, 0.3) is 0 Å². The number of urea groups is 1. The van der Waals surface area contributed by atoms with Gasteiger partial charge < -0.3 is 20.4 Å². The Morgan fingerprint density at radius 1 is 1.33 bits per heavy atom. The van der Waals surface area contributed by atoms with Gasteiger partial charge in [-0.25, -0.2) is 9.59 Å². The highest BCUT2D eigenvalue weighted by atomic mass is 79.9. The van der Waals surface area contributed by atoms with Crippen molar-refractivity contribution < 1.29 is 19.8 Å². The number of likely N-dealkylation sites (tertiary alicyclic amines) is 1. The summed E-state index contributed by atoms with van der Waals surface area (Å²) in [6.45, 7) is 1.27. The van der Waals surface area contributed by atoms with E-state index in [1.807, 2.05) is 0 Å². The molecule has 1 aromatic carbocycles. The molecule has 2 rings (SSSR count). The minimum atomic E-state index is -1.09. The fourth-order valence-electron chi connectivity index (χ4n) is 2.32. The summed E-state index contributed by atoms with van der Waals surface area (Å²) in [7, 11) is 0. The average molecular weight is 357 g/mol. The quantitative estimate of drug-likeness (QED) is 0.775. The molecule has 114 valence electrons. The first-order valence-electron chi connectivity index (χ1n) is 6.71. The van der Waals surface area contributed by atoms with E-state index in [2.05, 4.69) is 21.2 Å². The first-order chi connectivity index (χ1) is 10.0. The van der Waals surface area contributed by atoms with Crippen molar-refractivity contribution in [2.45, 2.75) is 12.8 Å². The minimum absolute atomic E-state index is 0.0526. The summed E-state index contributed by atoms with van der Waals surface area (Å²) in [6, 6.07) is 4.32. The van der Waals surface area contributed by atoms with Crippen LogP contribution in [0, 0.1) is 5.92 Å². The number of aromatic carboxylic acids is 1. The molecule has 1 saturated heterocycles. The van der Waals surface area contributed by atoms with Gasteiger partial charge in [0, 0.05) is 24.2 Å². The number of nitrogens with zero attached hydrogens (tertiary/aromatic N) is 1. The summed E-state index contributed by atoms with van der Waals surface area (Å²) < 4.78 is 0.696. The fraction of sp³-hybridized carbons (Fsp3) is 0.429. The predicted molar refractivity (Wildman–Crippen MR) is 81.5 cm³/mol. The largest absolute Gasteiger partial charge is 0.478 e. The third-order valence-electron chi connectivity index (χ3n) is 3.61. The summed E-state index contributed by atoms with van der Waals surface area (Å²) in [5.74, 6) is -0.841. The standard InChI is InChI=1S/C14H17BrN2O4/c15-10-1-2-11(13(19)20)12(7-10)16-14(21)17-5-3-9(8-18)4-6-17/h1-2,7,9,18H,3-6,8H2,(H,16,21)(H,19,20). The number of hydrogen-bond donors (Lipinski definition) is 3. The lowest BCUT2D eigenvalue weighted by atomic mass is 9.98. The number of piperidine rings is 1. The van der Waals surface area contributed by atoms with Gasteiger partial charge in [0.1, 0.15) is 0 Å². The average Bonchev–Trinajstić information content (AvgIpc) is 2.47. The number of anilines is 1. The van der Waals surface area contributed by atoms with Crippen molar-refractivity contribution in [3.8, 4) is 0 Å². The molecular weight excluding hydrogens is 340 g/mol. The normalized spacial score (nSPS) is 15.8. The number of carboxylic acid groups (broad SMARTS) is 1. The van der Waals surface area contributed by atoms with Crippen LogP contribution < -0.4 is 5.32 Å². The molecule has 1 heterocycles. The van der Waals surface area contributed by atoms with Crippen LogP contribution >= 0.6 is 15.9 Å². The van der Waals surface area contributed by atoms with Crippen molar-refractivity contribution in [2.24, 2.45) is 5.92 Å². The summed E-state index contributed by atoms with van der Waals surface area (Å²) >= 11 is 3.26. The number of aliphatic hydroxyl groups excluding tert-OH is 1. The zero-order valence-electron chi connectivity index (χ0n) is 11.4. The van der Waals surface area contributed by atoms with E-state index in [0.717, 1.165) is 12.8 Å². The molecule has 2 amide bonds. The molecule has 0 bridgehead atoms. The Hall–Kier alpha value is -1.60. The highest BCUT2D eigenvalue weighted by Gasteiger charge is 2.23. The van der Waals surface area contributed by atoms with Gasteiger partial charge in [-0.2, -0.15) is 0 Å². The number of carbonyl (C=O) groups is 2. The third kappa shape index (κ3) is 3.95. The number of carbonyl (C=O) groups excluding carboxylic acids is 1. The number of halogens is 1. The molecule has 1 aliphatic rings. The zero-order valence-corrected chi connectivity index (χ0v) is 13.0. The van der Waals surface area contributed by atoms with Crippen LogP contribution in [0.25, 0.3) is 0 Å². The Morgan fingerprint density at radius 2 is 2.00 bits per heavy atom. The van der Waals surface area contributed by atoms with E-state index in [4.69, 9.17) is 10.2 Å². The van der Waals surface area contributed by atoms with Crippen molar-refractivity contribution >= 4 is 33.6 Å². The van der Waals surface area contributed by atoms with Crippen LogP contribution in [0.4, 0.5) is 10.5 Å². The van der Waals surface area contributed by atoms with Crippen molar-refractivity contribution in [2.75, 3.05) is 25.0 Å². The van der Waals surface area contributed by atoms with Crippen molar-refractivity contribution in [3.05, 3.63) is 28.2 Å². The number of hydrogen-bond acceptors (Lipinski definition) is 3. The Bertz CT molecular complexity index is 542. The monoisotopic (exact) mass is 356 g/mol. The molecule has 0 atom stereocenters. The number of nitrogens with one attached hydrogen (secondary N) is 1. The van der Waals surface area contributed by atoms with Gasteiger partial charge in [0.15, 0.2) is 0 Å². The number of aliphatic hydroxyl groups is 1. The SMILES string of the molecule is O=C(O)c1ccc(Br)cc1NC(=O)N1CCC(CO)CC1. The molecule has 21 heavy (non-hydrogen) atoms. The molecule has 1 fully saturated rings. The van der Waals surface area contributed by atoms with E-state index < -0.39 is 5.97 Å². The maximum atomic E-state index is 12.2. The molecule has 0 aliphatic carbocycles. The van der Waals surface area contributed by atoms with Crippen LogP contribution in [0.1, 0.15) is 23.2 Å². The van der Waals surface area contributed by atoms with Gasteiger partial charge >= 0.3 is 12.0 Å². The highest BCUT2D eigenvalue weighted by molar-refractivity contribution is 9.10. The second-order valence-electron chi connectivity index (χ2n) is 5.04. The maximum Gasteiger partial charge on any atom is 0.337 e. The van der Waals surface area contributed by atoms with Crippen LogP contribution in [0.5, 0.6) is 0 Å². The van der Waals surface area contributed by atoms with Crippen LogP contribution in [0.3, 0.4) is 0 Å². The Balaban J connectivity index is 2.06. The van der Waals surface area contributed by atoms with Crippen LogP contribution in [-0.2, 0) is 0 Å². The fourth-order valence-corrected chi connectivity index (χ4v) is 2.68. The molecule has 0 aromatic heterocycles. The minimum Gasteiger partial charge on any atom is -0.478 e. The Morgan fingerprint density at radius 3 is 2.57 bits per heavy atom. The van der Waals surface area contributed by atoms with Crippen molar-refractivity contribution in [1.82, 2.24) is 4.90 Å². The molecule has 1 aromatic rings. The number of carboxylic acids is 1. The van der Waals surface area contributed by atoms with Crippen LogP contribution in [-0.4, -0.2) is 46.8 Å². The first kappa shape index (κ1) is 15.8. The lowest BCUT2D eigenvalue weighted by Crippen LogP contribution is -2.41. The highest BCUT2D eigenvalue weighted by Crippen LogP contribution is 2.23. The van der Waals surface area contributed by atoms with E-state index in [1.54, 1.807) is 17.0 Å². The molecule has 1 aliphatic heterocycles. The van der Waals surface area contributed by atoms with E-state index in [9.17, 15) is 9.59 Å². The molecule has 3 N–H and O–H groups in total. The second-order valence-corrected chi connectivity index (χ2v) is 5.95. The molecule has 0 unspecified atom stereocenters. The summed E-state index contributed by atoms with van der Waals surface area (Å²) in [6.07, 6.45) is 1.52. The molecule has 0 radical (unpaired) electrons.